The lowest BCUT2D eigenvalue weighted by Gasteiger charge is -2.22. The number of esters is 1. The fraction of sp³-hybridized carbons (Fsp3) is 0.342. The number of hydrogen-bond donors (Lipinski definition) is 4. The third kappa shape index (κ3) is 10.1. The third-order valence-electron chi connectivity index (χ3n) is 9.43. The molecule has 5 heterocycles. The Morgan fingerprint density at radius 3 is 2.19 bits per heavy atom. The van der Waals surface area contributed by atoms with Gasteiger partial charge in [-0.1, -0.05) is 36.4 Å². The first kappa shape index (κ1) is 41.3. The van der Waals surface area contributed by atoms with Crippen molar-refractivity contribution in [3.05, 3.63) is 107 Å². The van der Waals surface area contributed by atoms with Gasteiger partial charge in [-0.15, -0.1) is 0 Å². The molecule has 2 saturated heterocycles. The summed E-state index contributed by atoms with van der Waals surface area (Å²) in [6.07, 6.45) is -1.42. The van der Waals surface area contributed by atoms with E-state index in [1.54, 1.807) is 65.2 Å². The van der Waals surface area contributed by atoms with Gasteiger partial charge in [0.05, 0.1) is 32.1 Å². The molecule has 59 heavy (non-hydrogen) atoms. The van der Waals surface area contributed by atoms with Crippen LogP contribution in [0.5, 0.6) is 0 Å². The lowest BCUT2D eigenvalue weighted by molar-refractivity contribution is -0.153. The largest absolute Gasteiger partial charge is 0.459 e. The van der Waals surface area contributed by atoms with Gasteiger partial charge in [0.1, 0.15) is 48.7 Å². The highest BCUT2D eigenvalue weighted by atomic mass is 31.2. The third-order valence-corrected chi connectivity index (χ3v) is 10.3. The minimum atomic E-state index is -2.63. The molecule has 2 aromatic carbocycles. The zero-order valence-corrected chi connectivity index (χ0v) is 32.3. The second-order valence-electron chi connectivity index (χ2n) is 13.5. The number of ketones is 1. The second kappa shape index (κ2) is 18.8. The lowest BCUT2D eigenvalue weighted by Crippen LogP contribution is -2.31. The summed E-state index contributed by atoms with van der Waals surface area (Å²) in [5, 5.41) is 15.5. The molecule has 5 aromatic rings. The molecule has 3 aromatic heterocycles. The zero-order valence-electron chi connectivity index (χ0n) is 31.4. The predicted octanol–water partition coefficient (Wildman–Crippen LogP) is 3.06. The average molecular weight is 831 g/mol. The van der Waals surface area contributed by atoms with Gasteiger partial charge in [-0.2, -0.15) is 4.98 Å². The van der Waals surface area contributed by atoms with Gasteiger partial charge in [0.25, 0.3) is 11.8 Å². The maximum atomic E-state index is 13.1. The van der Waals surface area contributed by atoms with Crippen molar-refractivity contribution in [2.24, 2.45) is 0 Å². The van der Waals surface area contributed by atoms with Crippen LogP contribution in [0.15, 0.2) is 90.4 Å². The number of benzene rings is 2. The predicted molar refractivity (Wildman–Crippen MR) is 207 cm³/mol. The van der Waals surface area contributed by atoms with E-state index in [9.17, 15) is 34.0 Å². The number of ether oxygens (including phenoxy) is 3. The van der Waals surface area contributed by atoms with Crippen LogP contribution in [0, 0.1) is 0 Å². The lowest BCUT2D eigenvalue weighted by atomic mass is 10.2. The van der Waals surface area contributed by atoms with E-state index in [0.717, 1.165) is 0 Å². The number of amides is 2. The van der Waals surface area contributed by atoms with Gasteiger partial charge in [0, 0.05) is 36.6 Å². The Balaban J connectivity index is 0.986. The Labute approximate surface area is 336 Å². The molecule has 20 nitrogen and oxygen atoms in total. The molecule has 0 saturated carbocycles. The Bertz CT molecular complexity index is 2350. The van der Waals surface area contributed by atoms with Crippen LogP contribution in [-0.4, -0.2) is 100 Å². The van der Waals surface area contributed by atoms with Crippen LogP contribution in [0.1, 0.15) is 65.8 Å². The maximum Gasteiger partial charge on any atom is 0.351 e. The molecule has 2 aliphatic heterocycles. The van der Waals surface area contributed by atoms with Crippen LogP contribution in [0.25, 0.3) is 11.2 Å². The molecule has 21 heteroatoms. The molecule has 4 N–H and O–H groups in total. The number of anilines is 2. The second-order valence-corrected chi connectivity index (χ2v) is 14.5. The Morgan fingerprint density at radius 1 is 0.847 bits per heavy atom. The topological polar surface area (TPSA) is 257 Å². The van der Waals surface area contributed by atoms with Gasteiger partial charge in [0.15, 0.2) is 17.0 Å². The minimum Gasteiger partial charge on any atom is -0.459 e. The number of aliphatic hydroxyl groups is 1. The summed E-state index contributed by atoms with van der Waals surface area (Å²) >= 11 is 0. The summed E-state index contributed by atoms with van der Waals surface area (Å²) in [7, 11) is -2.63. The van der Waals surface area contributed by atoms with Gasteiger partial charge in [-0.3, -0.25) is 23.5 Å². The number of carbonyl (C=O) groups is 4. The first-order valence-electron chi connectivity index (χ1n) is 18.4. The average Bonchev–Trinajstić information content (AvgIpc) is 3.97. The number of fused-ring (bicyclic) bond motifs is 1. The normalized spacial score (nSPS) is 21.9. The summed E-state index contributed by atoms with van der Waals surface area (Å²) in [6.45, 7) is 0.537. The molecule has 0 bridgehead atoms. The fourth-order valence-electron chi connectivity index (χ4n) is 6.48. The van der Waals surface area contributed by atoms with Crippen molar-refractivity contribution < 1.29 is 52.4 Å². The minimum absolute atomic E-state index is 0.00778. The zero-order chi connectivity index (χ0) is 41.5. The first-order chi connectivity index (χ1) is 28.6. The standard InChI is InChI=1S/C38H39N8O12P/c1-22(48)12-13-32(49)57-25-16-30(45-15-14-29(43-38(45)52)42-36(50)23-8-4-2-5-9-23)56-28(25)19-54-59(53)58-26-17-31(55-27(26)18-47)46-21-41-33-34(39-20-40-35(33)46)44-37(51)24-10-6-3-7-11-24/h2-11,14-15,20-21,25-28,30-31,47,53H,12-13,16-19H2,1H3,(H,39,40,44,51)(H,42,43,50,52)/t25-,26-,27+,28+,30+,31+,59?/m0/s1. The van der Waals surface area contributed by atoms with Gasteiger partial charge in [-0.05, 0) is 37.3 Å². The maximum absolute atomic E-state index is 13.1. The van der Waals surface area contributed by atoms with E-state index in [1.165, 1.54) is 36.4 Å². The molecule has 2 aliphatic rings. The number of nitrogens with one attached hydrogen (secondary N) is 2. The highest BCUT2D eigenvalue weighted by Crippen LogP contribution is 2.43. The highest BCUT2D eigenvalue weighted by molar-refractivity contribution is 7.40. The van der Waals surface area contributed by atoms with Gasteiger partial charge >= 0.3 is 20.3 Å². The van der Waals surface area contributed by atoms with E-state index in [1.807, 2.05) is 0 Å². The van der Waals surface area contributed by atoms with Crippen LogP contribution in [-0.2, 0) is 32.8 Å². The van der Waals surface area contributed by atoms with Crippen LogP contribution in [0.2, 0.25) is 0 Å². The van der Waals surface area contributed by atoms with Gasteiger partial charge in [-0.25, -0.2) is 19.7 Å². The van der Waals surface area contributed by atoms with E-state index >= 15 is 0 Å². The van der Waals surface area contributed by atoms with Crippen LogP contribution >= 0.6 is 8.60 Å². The fourth-order valence-corrected chi connectivity index (χ4v) is 7.27. The molecular weight excluding hydrogens is 791 g/mol. The Hall–Kier alpha value is -5.86. The van der Waals surface area contributed by atoms with Crippen molar-refractivity contribution in [3.63, 3.8) is 0 Å². The van der Waals surface area contributed by atoms with Crippen LogP contribution in [0.4, 0.5) is 11.6 Å². The first-order valence-corrected chi connectivity index (χ1v) is 19.6. The number of imidazole rings is 1. The summed E-state index contributed by atoms with van der Waals surface area (Å²) in [5.41, 5.74) is 0.683. The molecule has 0 spiro atoms. The quantitative estimate of drug-likeness (QED) is 0.0823. The molecule has 2 fully saturated rings. The molecule has 7 atom stereocenters. The number of nitrogens with zero attached hydrogens (tertiary/aromatic N) is 6. The highest BCUT2D eigenvalue weighted by Gasteiger charge is 2.42. The number of rotatable bonds is 16. The molecule has 308 valence electrons. The Kier molecular flexibility index (Phi) is 13.2. The molecule has 0 radical (unpaired) electrons. The van der Waals surface area contributed by atoms with Crippen molar-refractivity contribution >= 4 is 55.0 Å². The monoisotopic (exact) mass is 830 g/mol. The molecule has 2 amide bonds. The van der Waals surface area contributed by atoms with Gasteiger partial charge in [0.2, 0.25) is 0 Å². The van der Waals surface area contributed by atoms with E-state index in [0.29, 0.717) is 22.3 Å². The summed E-state index contributed by atoms with van der Waals surface area (Å²) in [4.78, 5) is 90.4. The number of carbonyl (C=O) groups excluding carboxylic acids is 4. The number of Topliss-reactive ketones (excluding diaryl/α,β-unsaturated/α-hetero) is 1. The van der Waals surface area contributed by atoms with Crippen molar-refractivity contribution in [2.75, 3.05) is 23.8 Å². The van der Waals surface area contributed by atoms with Gasteiger partial charge < -0.3 is 48.7 Å². The SMILES string of the molecule is CC(=O)CCC(=O)O[C@H]1C[C@H](n2ccc(NC(=O)c3ccccc3)nc2=O)O[C@@H]1COP(O)O[C@H]1C[C@H](n2cnc3c(NC(=O)c4ccccc4)ncnc32)O[C@@H]1CO. The van der Waals surface area contributed by atoms with Crippen molar-refractivity contribution in [3.8, 4) is 0 Å². The summed E-state index contributed by atoms with van der Waals surface area (Å²) < 4.78 is 32.0. The number of hydrogen-bond acceptors (Lipinski definition) is 16. The smallest absolute Gasteiger partial charge is 0.351 e. The molecule has 7 rings (SSSR count). The molecule has 0 aliphatic carbocycles. The van der Waals surface area contributed by atoms with E-state index in [4.69, 9.17) is 23.3 Å². The van der Waals surface area contributed by atoms with Crippen LogP contribution < -0.4 is 16.3 Å². The van der Waals surface area contributed by atoms with E-state index in [-0.39, 0.29) is 55.6 Å². The van der Waals surface area contributed by atoms with Crippen molar-refractivity contribution in [2.45, 2.75) is 69.5 Å². The summed E-state index contributed by atoms with van der Waals surface area (Å²) in [5.74, 6) is -1.52. The molecular formula is C38H39N8O12P. The van der Waals surface area contributed by atoms with Crippen LogP contribution in [0.3, 0.4) is 0 Å². The van der Waals surface area contributed by atoms with E-state index < -0.39 is 69.6 Å². The van der Waals surface area contributed by atoms with Crippen molar-refractivity contribution in [1.29, 1.82) is 0 Å². The molecule has 1 unspecified atom stereocenters. The summed E-state index contributed by atoms with van der Waals surface area (Å²) in [6, 6.07) is 18.4. The Morgan fingerprint density at radius 2 is 1.51 bits per heavy atom. The number of aliphatic hydroxyl groups excluding tert-OH is 1. The van der Waals surface area contributed by atoms with E-state index in [2.05, 4.69) is 30.6 Å². The van der Waals surface area contributed by atoms with Crippen molar-refractivity contribution in [1.82, 2.24) is 29.1 Å². The number of aromatic nitrogens is 6.